The Morgan fingerprint density at radius 3 is 1.14 bits per heavy atom. The number of hydrogen-bond donors (Lipinski definition) is 3. The number of carbonyl (C=O) groups is 1. The van der Waals surface area contributed by atoms with Crippen molar-refractivity contribution in [3.8, 4) is 0 Å². The topological polar surface area (TPSA) is 105 Å². The lowest BCUT2D eigenvalue weighted by Gasteiger charge is -2.25. The second-order valence-electron chi connectivity index (χ2n) is 22.8. The number of aliphatic hydroxyl groups is 1. The van der Waals surface area contributed by atoms with E-state index in [1.807, 2.05) is 27.2 Å². The van der Waals surface area contributed by atoms with Gasteiger partial charge in [-0.15, -0.1) is 0 Å². The van der Waals surface area contributed by atoms with Crippen LogP contribution in [-0.4, -0.2) is 73.4 Å². The molecule has 9 heteroatoms. The summed E-state index contributed by atoms with van der Waals surface area (Å²) in [4.78, 5) is 23.4. The third-order valence-electron chi connectivity index (χ3n) is 14.4. The summed E-state index contributed by atoms with van der Waals surface area (Å²) in [6.07, 6.45) is 71.1. The standard InChI is InChI=1S/C63H123N2O6P/c1-6-8-10-12-14-16-18-20-22-24-26-28-30-31-32-33-35-37-39-41-43-45-47-49-51-53-55-57-63(67)64-61(60-71-72(68,69)70-59-58-65(3,4)5)62(66)56-54-52-50-48-46-44-42-40-38-36-34-29-27-25-23-21-19-17-15-13-11-9-7-2/h18,20,24,26,54,56,61-62,66H,6-17,19,21-23,25,27-53,55,57-60H2,1-5H3,(H-,64,67,68,69)/p+1/b20-18-,26-24-,56-54+. The van der Waals surface area contributed by atoms with Crippen LogP contribution in [0.1, 0.15) is 309 Å². The van der Waals surface area contributed by atoms with Crippen LogP contribution in [0.3, 0.4) is 0 Å². The van der Waals surface area contributed by atoms with Gasteiger partial charge in [-0.3, -0.25) is 13.8 Å². The van der Waals surface area contributed by atoms with Gasteiger partial charge < -0.3 is 19.8 Å². The van der Waals surface area contributed by atoms with Gasteiger partial charge in [0.25, 0.3) is 0 Å². The fourth-order valence-corrected chi connectivity index (χ4v) is 10.2. The quantitative estimate of drug-likeness (QED) is 0.0243. The largest absolute Gasteiger partial charge is 0.472 e. The summed E-state index contributed by atoms with van der Waals surface area (Å²) in [5, 5.41) is 14.0. The molecule has 0 radical (unpaired) electrons. The van der Waals surface area contributed by atoms with Crippen LogP contribution in [0.4, 0.5) is 0 Å². The molecule has 0 heterocycles. The summed E-state index contributed by atoms with van der Waals surface area (Å²) in [7, 11) is 1.58. The number of rotatable bonds is 58. The average molecular weight is 1040 g/mol. The first-order chi connectivity index (χ1) is 35.0. The average Bonchev–Trinajstić information content (AvgIpc) is 3.34. The van der Waals surface area contributed by atoms with Crippen molar-refractivity contribution in [2.75, 3.05) is 40.9 Å². The van der Waals surface area contributed by atoms with Crippen molar-refractivity contribution in [2.24, 2.45) is 0 Å². The maximum Gasteiger partial charge on any atom is 0.472 e. The van der Waals surface area contributed by atoms with Gasteiger partial charge in [-0.25, -0.2) is 4.57 Å². The number of aliphatic hydroxyl groups excluding tert-OH is 1. The number of hydrogen-bond acceptors (Lipinski definition) is 5. The molecule has 3 unspecified atom stereocenters. The molecule has 0 spiro atoms. The number of allylic oxidation sites excluding steroid dienone is 5. The molecule has 0 aliphatic rings. The van der Waals surface area contributed by atoms with Crippen molar-refractivity contribution in [1.29, 1.82) is 0 Å². The molecule has 0 rings (SSSR count). The van der Waals surface area contributed by atoms with Crippen LogP contribution >= 0.6 is 7.82 Å². The second kappa shape index (κ2) is 54.5. The van der Waals surface area contributed by atoms with Gasteiger partial charge in [-0.1, -0.05) is 288 Å². The van der Waals surface area contributed by atoms with E-state index in [4.69, 9.17) is 9.05 Å². The number of nitrogens with one attached hydrogen (secondary N) is 1. The first-order valence-electron chi connectivity index (χ1n) is 31.4. The van der Waals surface area contributed by atoms with E-state index in [-0.39, 0.29) is 19.1 Å². The number of phosphoric acid groups is 1. The normalized spacial score (nSPS) is 14.0. The zero-order valence-electron chi connectivity index (χ0n) is 48.7. The van der Waals surface area contributed by atoms with Gasteiger partial charge in [-0.2, -0.15) is 0 Å². The summed E-state index contributed by atoms with van der Waals surface area (Å²) in [6, 6.07) is -0.847. The molecular formula is C63H124N2O6P+. The van der Waals surface area contributed by atoms with Crippen molar-refractivity contribution in [3.05, 3.63) is 36.5 Å². The van der Waals surface area contributed by atoms with Crippen LogP contribution in [0, 0.1) is 0 Å². The first-order valence-corrected chi connectivity index (χ1v) is 32.9. The highest BCUT2D eigenvalue weighted by Gasteiger charge is 2.27. The molecule has 72 heavy (non-hydrogen) atoms. The summed E-state index contributed by atoms with van der Waals surface area (Å²) >= 11 is 0. The molecular weight excluding hydrogens is 912 g/mol. The Bertz CT molecular complexity index is 1270. The molecule has 0 saturated heterocycles. The predicted molar refractivity (Wildman–Crippen MR) is 314 cm³/mol. The number of quaternary nitrogens is 1. The molecule has 0 fully saturated rings. The highest BCUT2D eigenvalue weighted by molar-refractivity contribution is 7.47. The highest BCUT2D eigenvalue weighted by Crippen LogP contribution is 2.43. The molecule has 8 nitrogen and oxygen atoms in total. The molecule has 0 aromatic rings. The van der Waals surface area contributed by atoms with E-state index in [1.54, 1.807) is 6.08 Å². The van der Waals surface area contributed by atoms with E-state index >= 15 is 0 Å². The van der Waals surface area contributed by atoms with Gasteiger partial charge >= 0.3 is 7.82 Å². The fraction of sp³-hybridized carbons (Fsp3) is 0.889. The molecule has 0 aromatic carbocycles. The molecule has 0 saturated carbocycles. The van der Waals surface area contributed by atoms with Crippen molar-refractivity contribution in [2.45, 2.75) is 321 Å². The minimum atomic E-state index is -4.35. The zero-order valence-corrected chi connectivity index (χ0v) is 49.6. The third-order valence-corrected chi connectivity index (χ3v) is 15.3. The smallest absolute Gasteiger partial charge is 0.387 e. The van der Waals surface area contributed by atoms with Crippen LogP contribution in [0.25, 0.3) is 0 Å². The van der Waals surface area contributed by atoms with Crippen molar-refractivity contribution in [1.82, 2.24) is 5.32 Å². The predicted octanol–water partition coefficient (Wildman–Crippen LogP) is 19.3. The summed E-state index contributed by atoms with van der Waals surface area (Å²) in [6.45, 7) is 4.85. The van der Waals surface area contributed by atoms with Crippen LogP contribution in [0.15, 0.2) is 36.5 Å². The van der Waals surface area contributed by atoms with Crippen molar-refractivity contribution < 1.29 is 32.9 Å². The van der Waals surface area contributed by atoms with Crippen LogP contribution in [-0.2, 0) is 18.4 Å². The number of phosphoric ester groups is 1. The molecule has 0 aliphatic heterocycles. The highest BCUT2D eigenvalue weighted by atomic mass is 31.2. The Hall–Kier alpha value is -1.28. The van der Waals surface area contributed by atoms with Gasteiger partial charge in [0.2, 0.25) is 5.91 Å². The Balaban J connectivity index is 4.14. The van der Waals surface area contributed by atoms with Gasteiger partial charge in [0.1, 0.15) is 13.2 Å². The molecule has 426 valence electrons. The van der Waals surface area contributed by atoms with Gasteiger partial charge in [0.05, 0.1) is 39.9 Å². The van der Waals surface area contributed by atoms with E-state index in [2.05, 4.69) is 43.5 Å². The Morgan fingerprint density at radius 2 is 0.792 bits per heavy atom. The zero-order chi connectivity index (χ0) is 52.7. The third kappa shape index (κ3) is 56.4. The molecule has 3 atom stereocenters. The minimum Gasteiger partial charge on any atom is -0.387 e. The number of carbonyl (C=O) groups excluding carboxylic acids is 1. The molecule has 1 amide bonds. The fourth-order valence-electron chi connectivity index (χ4n) is 9.43. The molecule has 0 aliphatic carbocycles. The maximum atomic E-state index is 13.0. The van der Waals surface area contributed by atoms with Crippen LogP contribution in [0.2, 0.25) is 0 Å². The van der Waals surface area contributed by atoms with E-state index < -0.39 is 20.0 Å². The monoisotopic (exact) mass is 1040 g/mol. The SMILES string of the molecule is CCCCCCC/C=C\C/C=C\CCCCCCCCCCCCCCCCCC(=O)NC(COP(=O)(O)OCC[N+](C)(C)C)C(O)/C=C/CCCCCCCCCCCCCCCCCCCCCCC. The van der Waals surface area contributed by atoms with Crippen LogP contribution < -0.4 is 5.32 Å². The molecule has 0 bridgehead atoms. The van der Waals surface area contributed by atoms with Gasteiger partial charge in [-0.05, 0) is 51.4 Å². The van der Waals surface area contributed by atoms with Gasteiger partial charge in [0, 0.05) is 6.42 Å². The van der Waals surface area contributed by atoms with E-state index in [0.717, 1.165) is 44.9 Å². The second-order valence-corrected chi connectivity index (χ2v) is 24.2. The van der Waals surface area contributed by atoms with Crippen LogP contribution in [0.5, 0.6) is 0 Å². The molecule has 3 N–H and O–H groups in total. The van der Waals surface area contributed by atoms with Gasteiger partial charge in [0.15, 0.2) is 0 Å². The van der Waals surface area contributed by atoms with E-state index in [0.29, 0.717) is 17.4 Å². The Morgan fingerprint density at radius 1 is 0.472 bits per heavy atom. The minimum absolute atomic E-state index is 0.0628. The lowest BCUT2D eigenvalue weighted by Crippen LogP contribution is -2.45. The van der Waals surface area contributed by atoms with Crippen molar-refractivity contribution in [3.63, 3.8) is 0 Å². The number of amides is 1. The summed E-state index contributed by atoms with van der Waals surface area (Å²) in [5.41, 5.74) is 0. The Kier molecular flexibility index (Phi) is 53.5. The maximum absolute atomic E-state index is 13.0. The van der Waals surface area contributed by atoms with Crippen molar-refractivity contribution >= 4 is 13.7 Å². The number of nitrogens with zero attached hydrogens (tertiary/aromatic N) is 1. The summed E-state index contributed by atoms with van der Waals surface area (Å²) in [5.74, 6) is -0.172. The number of unbranched alkanes of at least 4 members (excludes halogenated alkanes) is 41. The Labute approximate surface area is 448 Å². The van der Waals surface area contributed by atoms with E-state index in [1.165, 1.54) is 244 Å². The number of likely N-dealkylation sites (N-methyl/N-ethyl adjacent to an activating group) is 1. The lowest BCUT2D eigenvalue weighted by molar-refractivity contribution is -0.870. The first kappa shape index (κ1) is 70.7. The van der Waals surface area contributed by atoms with E-state index in [9.17, 15) is 19.4 Å². The summed E-state index contributed by atoms with van der Waals surface area (Å²) < 4.78 is 23.8. The lowest BCUT2D eigenvalue weighted by atomic mass is 10.0. The molecule has 0 aromatic heterocycles.